The van der Waals surface area contributed by atoms with Gasteiger partial charge >= 0.3 is 0 Å². The van der Waals surface area contributed by atoms with Crippen LogP contribution in [0.2, 0.25) is 12.1 Å². The lowest BCUT2D eigenvalue weighted by molar-refractivity contribution is 0.878. The molecular weight excluding hydrogens is 544 g/mol. The standard InChI is InChI=1S/C14H22Br4Si2/c15-13(16)3-1-9-19-11-5-7-12(8-6-11)20-10-2-4-14(17)18/h5-8,13-14H,1-4,9-10,19-20H2. The van der Waals surface area contributed by atoms with Gasteiger partial charge in [-0.2, -0.15) is 0 Å². The van der Waals surface area contributed by atoms with Gasteiger partial charge < -0.3 is 0 Å². The minimum Gasteiger partial charge on any atom is -0.0765 e. The third-order valence-electron chi connectivity index (χ3n) is 3.30. The van der Waals surface area contributed by atoms with E-state index >= 15 is 0 Å². The lowest BCUT2D eigenvalue weighted by Crippen LogP contribution is -2.20. The predicted octanol–water partition coefficient (Wildman–Crippen LogP) is 3.90. The van der Waals surface area contributed by atoms with E-state index in [-0.39, 0.29) is 19.0 Å². The van der Waals surface area contributed by atoms with Crippen LogP contribution in [-0.2, 0) is 0 Å². The summed E-state index contributed by atoms with van der Waals surface area (Å²) in [5, 5.41) is 3.26. The Morgan fingerprint density at radius 3 is 1.35 bits per heavy atom. The molecule has 0 bridgehead atoms. The largest absolute Gasteiger partial charge is 0.0765 e. The van der Waals surface area contributed by atoms with Crippen LogP contribution < -0.4 is 10.4 Å². The molecule has 0 heterocycles. The highest BCUT2D eigenvalue weighted by molar-refractivity contribution is 9.25. The zero-order valence-electron chi connectivity index (χ0n) is 11.6. The van der Waals surface area contributed by atoms with Crippen molar-refractivity contribution >= 4 is 93.1 Å². The van der Waals surface area contributed by atoms with E-state index in [1.165, 1.54) is 37.8 Å². The Hall–Kier alpha value is 1.57. The van der Waals surface area contributed by atoms with Gasteiger partial charge in [0.2, 0.25) is 0 Å². The molecule has 0 saturated carbocycles. The maximum atomic E-state index is 3.54. The van der Waals surface area contributed by atoms with Gasteiger partial charge in [0.05, 0.1) is 26.5 Å². The van der Waals surface area contributed by atoms with Gasteiger partial charge in [0, 0.05) is 0 Å². The first kappa shape index (κ1) is 19.6. The molecule has 1 rings (SSSR count). The number of benzene rings is 1. The number of halogens is 4. The Morgan fingerprint density at radius 2 is 1.05 bits per heavy atom. The van der Waals surface area contributed by atoms with Crippen molar-refractivity contribution in [3.05, 3.63) is 24.3 Å². The Kier molecular flexibility index (Phi) is 11.8. The molecule has 1 aromatic rings. The van der Waals surface area contributed by atoms with E-state index in [0.717, 1.165) is 0 Å². The monoisotopic (exact) mass is 562 g/mol. The zero-order valence-corrected chi connectivity index (χ0v) is 20.8. The summed E-state index contributed by atoms with van der Waals surface area (Å²) in [6, 6.07) is 12.4. The molecule has 0 fully saturated rings. The fraction of sp³-hybridized carbons (Fsp3) is 0.571. The Morgan fingerprint density at radius 1 is 0.700 bits per heavy atom. The third kappa shape index (κ3) is 10.3. The van der Waals surface area contributed by atoms with Gasteiger partial charge in [-0.3, -0.25) is 0 Å². The summed E-state index contributed by atoms with van der Waals surface area (Å²) in [5.41, 5.74) is 0. The second kappa shape index (κ2) is 12.1. The van der Waals surface area contributed by atoms with Crippen LogP contribution in [0.15, 0.2) is 24.3 Å². The van der Waals surface area contributed by atoms with Crippen molar-refractivity contribution in [2.75, 3.05) is 0 Å². The molecule has 114 valence electrons. The van der Waals surface area contributed by atoms with Gasteiger partial charge in [0.25, 0.3) is 0 Å². The molecule has 0 nitrogen and oxygen atoms in total. The average Bonchev–Trinajstić information content (AvgIpc) is 2.41. The molecule has 0 atom stereocenters. The molecule has 0 saturated heterocycles. The molecule has 0 radical (unpaired) electrons. The highest BCUT2D eigenvalue weighted by Crippen LogP contribution is 2.16. The lowest BCUT2D eigenvalue weighted by atomic mass is 10.4. The highest BCUT2D eigenvalue weighted by atomic mass is 79.9. The van der Waals surface area contributed by atoms with Crippen molar-refractivity contribution in [1.29, 1.82) is 0 Å². The zero-order chi connectivity index (χ0) is 14.8. The molecule has 0 N–H and O–H groups in total. The predicted molar refractivity (Wildman–Crippen MR) is 114 cm³/mol. The molecule has 0 aliphatic rings. The molecular formula is C14H22Br4Si2. The van der Waals surface area contributed by atoms with Crippen LogP contribution in [0.3, 0.4) is 0 Å². The summed E-state index contributed by atoms with van der Waals surface area (Å²) in [7, 11) is -0.0867. The van der Waals surface area contributed by atoms with Crippen LogP contribution in [0.5, 0.6) is 0 Å². The van der Waals surface area contributed by atoms with E-state index in [1.807, 2.05) is 0 Å². The van der Waals surface area contributed by atoms with E-state index in [9.17, 15) is 0 Å². The molecule has 0 spiro atoms. The fourth-order valence-corrected chi connectivity index (χ4v) is 6.46. The van der Waals surface area contributed by atoms with Crippen LogP contribution in [0.25, 0.3) is 0 Å². The quantitative estimate of drug-likeness (QED) is 0.229. The number of rotatable bonds is 10. The third-order valence-corrected chi connectivity index (χ3v) is 8.93. The lowest BCUT2D eigenvalue weighted by Gasteiger charge is -2.05. The Labute approximate surface area is 161 Å². The van der Waals surface area contributed by atoms with E-state index in [4.69, 9.17) is 0 Å². The fourth-order valence-electron chi connectivity index (χ4n) is 2.13. The maximum absolute atomic E-state index is 3.54. The van der Waals surface area contributed by atoms with Crippen molar-refractivity contribution in [3.8, 4) is 0 Å². The van der Waals surface area contributed by atoms with Crippen molar-refractivity contribution < 1.29 is 0 Å². The van der Waals surface area contributed by atoms with E-state index in [0.29, 0.717) is 7.47 Å². The van der Waals surface area contributed by atoms with Crippen LogP contribution in [0, 0.1) is 0 Å². The minimum atomic E-state index is -0.0433. The Bertz CT molecular complexity index is 320. The summed E-state index contributed by atoms with van der Waals surface area (Å²) in [6.07, 6.45) is 5.15. The van der Waals surface area contributed by atoms with Crippen molar-refractivity contribution in [1.82, 2.24) is 0 Å². The Balaban J connectivity index is 2.19. The first-order valence-corrected chi connectivity index (χ1v) is 14.3. The van der Waals surface area contributed by atoms with Gasteiger partial charge in [-0.05, 0) is 12.8 Å². The topological polar surface area (TPSA) is 0 Å². The molecule has 0 unspecified atom stereocenters. The van der Waals surface area contributed by atoms with Crippen LogP contribution >= 0.6 is 63.7 Å². The molecule has 0 aliphatic carbocycles. The highest BCUT2D eigenvalue weighted by Gasteiger charge is 2.01. The van der Waals surface area contributed by atoms with Crippen LogP contribution in [0.4, 0.5) is 0 Å². The normalized spacial score (nSPS) is 12.7. The van der Waals surface area contributed by atoms with Gasteiger partial charge in [-0.15, -0.1) is 0 Å². The van der Waals surface area contributed by atoms with E-state index in [2.05, 4.69) is 88.0 Å². The number of hydrogen-bond donors (Lipinski definition) is 0. The molecule has 6 heteroatoms. The van der Waals surface area contributed by atoms with Gasteiger partial charge in [0.1, 0.15) is 0 Å². The number of alkyl halides is 4. The second-order valence-electron chi connectivity index (χ2n) is 5.09. The summed E-state index contributed by atoms with van der Waals surface area (Å²) < 4.78 is 0.993. The molecule has 0 aromatic heterocycles. The summed E-state index contributed by atoms with van der Waals surface area (Å²) in [6.45, 7) is 0. The summed E-state index contributed by atoms with van der Waals surface area (Å²) >= 11 is 14.2. The SMILES string of the molecule is BrC(Br)CCC[SiH2]c1ccc([SiH2]CCCC(Br)Br)cc1. The summed E-state index contributed by atoms with van der Waals surface area (Å²) in [4.78, 5) is 0. The van der Waals surface area contributed by atoms with Crippen molar-refractivity contribution in [2.24, 2.45) is 0 Å². The number of hydrogen-bond acceptors (Lipinski definition) is 0. The van der Waals surface area contributed by atoms with E-state index in [1.54, 1.807) is 10.4 Å². The maximum Gasteiger partial charge on any atom is 0.0697 e. The van der Waals surface area contributed by atoms with Crippen LogP contribution in [-0.4, -0.2) is 26.5 Å². The molecule has 0 aliphatic heterocycles. The molecule has 0 amide bonds. The minimum absolute atomic E-state index is 0.0433. The molecule has 20 heavy (non-hydrogen) atoms. The van der Waals surface area contributed by atoms with Gasteiger partial charge in [0.15, 0.2) is 0 Å². The summed E-state index contributed by atoms with van der Waals surface area (Å²) in [5.74, 6) is 0. The van der Waals surface area contributed by atoms with Crippen molar-refractivity contribution in [2.45, 2.75) is 45.2 Å². The van der Waals surface area contributed by atoms with Crippen LogP contribution in [0.1, 0.15) is 25.7 Å². The average molecular weight is 566 g/mol. The smallest absolute Gasteiger partial charge is 0.0697 e. The first-order valence-electron chi connectivity index (χ1n) is 7.22. The van der Waals surface area contributed by atoms with Crippen molar-refractivity contribution in [3.63, 3.8) is 0 Å². The first-order chi connectivity index (χ1) is 9.58. The van der Waals surface area contributed by atoms with Gasteiger partial charge in [-0.25, -0.2) is 0 Å². The second-order valence-corrected chi connectivity index (χ2v) is 16.0. The van der Waals surface area contributed by atoms with E-state index < -0.39 is 0 Å². The molecule has 1 aromatic carbocycles. The van der Waals surface area contributed by atoms with Gasteiger partial charge in [-0.1, -0.05) is 123 Å².